The van der Waals surface area contributed by atoms with Crippen molar-refractivity contribution >= 4 is 33.4 Å². The van der Waals surface area contributed by atoms with Crippen molar-refractivity contribution in [3.8, 4) is 11.1 Å². The monoisotopic (exact) mass is 438 g/mol. The molecule has 0 radical (unpaired) electrons. The number of anilines is 1. The number of aryl methyl sites for hydroxylation is 1. The van der Waals surface area contributed by atoms with E-state index in [1.165, 1.54) is 11.3 Å². The van der Waals surface area contributed by atoms with E-state index in [9.17, 15) is 9.59 Å². The van der Waals surface area contributed by atoms with Gasteiger partial charge in [-0.25, -0.2) is 4.98 Å². The molecule has 1 aromatic carbocycles. The summed E-state index contributed by atoms with van der Waals surface area (Å²) in [4.78, 5) is 35.3. The maximum atomic E-state index is 12.8. The Hall–Kier alpha value is -2.67. The van der Waals surface area contributed by atoms with E-state index in [4.69, 9.17) is 4.98 Å². The second-order valence-corrected chi connectivity index (χ2v) is 9.67. The zero-order valence-corrected chi connectivity index (χ0v) is 19.2. The Kier molecular flexibility index (Phi) is 6.41. The lowest BCUT2D eigenvalue weighted by atomic mass is 9.97. The van der Waals surface area contributed by atoms with Crippen LogP contribution in [0.3, 0.4) is 0 Å². The average molecular weight is 439 g/mol. The van der Waals surface area contributed by atoms with E-state index >= 15 is 0 Å². The predicted molar refractivity (Wildman–Crippen MR) is 128 cm³/mol. The van der Waals surface area contributed by atoms with Gasteiger partial charge in [0.2, 0.25) is 11.9 Å². The fraction of sp³-hybridized carbons (Fsp3) is 0.458. The molecular formula is C24H30N4O2S. The molecule has 164 valence electrons. The van der Waals surface area contributed by atoms with Crippen molar-refractivity contribution < 1.29 is 4.79 Å². The Morgan fingerprint density at radius 3 is 2.90 bits per heavy atom. The van der Waals surface area contributed by atoms with Gasteiger partial charge in [0.05, 0.1) is 11.4 Å². The van der Waals surface area contributed by atoms with Crippen LogP contribution < -0.4 is 15.8 Å². The van der Waals surface area contributed by atoms with Gasteiger partial charge in [0.15, 0.2) is 0 Å². The van der Waals surface area contributed by atoms with Gasteiger partial charge in [-0.1, -0.05) is 38.1 Å². The lowest BCUT2D eigenvalue weighted by Gasteiger charge is -2.32. The standard InChI is InChI=1S/C24H30N4O2S/c1-15(2)10-11-25-22(29)17-8-6-12-28(13-17)24-26-20-19(14-31-21(20)23(30)27-24)18-9-5-4-7-16(18)3/h4-5,7,9,14-15,17H,6,8,10-13H2,1-3H3,(H,25,29)(H,26,27,30). The largest absolute Gasteiger partial charge is 0.356 e. The van der Waals surface area contributed by atoms with Crippen molar-refractivity contribution in [2.75, 3.05) is 24.5 Å². The topological polar surface area (TPSA) is 78.1 Å². The number of hydrogen-bond donors (Lipinski definition) is 2. The van der Waals surface area contributed by atoms with Crippen LogP contribution >= 0.6 is 11.3 Å². The Morgan fingerprint density at radius 2 is 2.13 bits per heavy atom. The van der Waals surface area contributed by atoms with E-state index in [1.54, 1.807) is 0 Å². The van der Waals surface area contributed by atoms with E-state index in [1.807, 2.05) is 17.5 Å². The Labute approximate surface area is 186 Å². The Bertz CT molecular complexity index is 1130. The van der Waals surface area contributed by atoms with Crippen LogP contribution in [-0.2, 0) is 4.79 Å². The number of nitrogens with zero attached hydrogens (tertiary/aromatic N) is 2. The van der Waals surface area contributed by atoms with Crippen molar-refractivity contribution in [1.82, 2.24) is 15.3 Å². The van der Waals surface area contributed by atoms with Crippen LogP contribution in [0.5, 0.6) is 0 Å². The first-order chi connectivity index (χ1) is 14.9. The maximum absolute atomic E-state index is 12.8. The third kappa shape index (κ3) is 4.66. The minimum absolute atomic E-state index is 0.0831. The minimum Gasteiger partial charge on any atom is -0.356 e. The fourth-order valence-electron chi connectivity index (χ4n) is 4.14. The molecule has 1 amide bonds. The number of piperidine rings is 1. The van der Waals surface area contributed by atoms with Gasteiger partial charge in [-0.3, -0.25) is 14.6 Å². The molecule has 4 rings (SSSR count). The summed E-state index contributed by atoms with van der Waals surface area (Å²) in [5.74, 6) is 1.15. The van der Waals surface area contributed by atoms with E-state index in [-0.39, 0.29) is 17.4 Å². The highest BCUT2D eigenvalue weighted by molar-refractivity contribution is 7.17. The smallest absolute Gasteiger partial charge is 0.270 e. The van der Waals surface area contributed by atoms with Gasteiger partial charge in [-0.05, 0) is 43.2 Å². The molecule has 3 aromatic rings. The van der Waals surface area contributed by atoms with E-state index in [0.29, 0.717) is 29.7 Å². The van der Waals surface area contributed by atoms with Gasteiger partial charge in [-0.15, -0.1) is 11.3 Å². The SMILES string of the molecule is Cc1ccccc1-c1csc2c(=O)[nH]c(N3CCCC(C(=O)NCCC(C)C)C3)nc12. The van der Waals surface area contributed by atoms with Crippen molar-refractivity contribution in [1.29, 1.82) is 0 Å². The molecule has 31 heavy (non-hydrogen) atoms. The zero-order valence-electron chi connectivity index (χ0n) is 18.4. The number of nitrogens with one attached hydrogen (secondary N) is 2. The number of amides is 1. The highest BCUT2D eigenvalue weighted by Crippen LogP contribution is 2.33. The van der Waals surface area contributed by atoms with Crippen molar-refractivity contribution in [3.63, 3.8) is 0 Å². The van der Waals surface area contributed by atoms with E-state index < -0.39 is 0 Å². The molecular weight excluding hydrogens is 408 g/mol. The van der Waals surface area contributed by atoms with Crippen LogP contribution in [0.25, 0.3) is 21.3 Å². The van der Waals surface area contributed by atoms with Crippen LogP contribution in [0, 0.1) is 18.8 Å². The summed E-state index contributed by atoms with van der Waals surface area (Å²) in [6.45, 7) is 8.45. The van der Waals surface area contributed by atoms with Crippen LogP contribution in [0.2, 0.25) is 0 Å². The molecule has 1 saturated heterocycles. The number of aromatic amines is 1. The van der Waals surface area contributed by atoms with Gasteiger partial charge >= 0.3 is 0 Å². The number of thiophene rings is 1. The molecule has 0 bridgehead atoms. The molecule has 7 heteroatoms. The van der Waals surface area contributed by atoms with Gasteiger partial charge in [0.25, 0.3) is 5.56 Å². The number of rotatable bonds is 6. The quantitative estimate of drug-likeness (QED) is 0.600. The lowest BCUT2D eigenvalue weighted by molar-refractivity contribution is -0.125. The number of benzene rings is 1. The highest BCUT2D eigenvalue weighted by Gasteiger charge is 2.27. The Morgan fingerprint density at radius 1 is 1.32 bits per heavy atom. The molecule has 3 heterocycles. The van der Waals surface area contributed by atoms with E-state index in [2.05, 4.69) is 48.1 Å². The summed E-state index contributed by atoms with van der Waals surface area (Å²) in [5.41, 5.74) is 3.86. The lowest BCUT2D eigenvalue weighted by Crippen LogP contribution is -2.44. The number of hydrogen-bond acceptors (Lipinski definition) is 5. The molecule has 1 aliphatic rings. The van der Waals surface area contributed by atoms with Crippen LogP contribution in [0.1, 0.15) is 38.7 Å². The molecule has 0 spiro atoms. The second kappa shape index (κ2) is 9.22. The zero-order chi connectivity index (χ0) is 22.0. The van der Waals surface area contributed by atoms with Crippen LogP contribution in [0.4, 0.5) is 5.95 Å². The Balaban J connectivity index is 1.59. The summed E-state index contributed by atoms with van der Waals surface area (Å²) in [5, 5.41) is 5.09. The molecule has 1 fully saturated rings. The molecule has 1 aliphatic heterocycles. The number of carbonyl (C=O) groups is 1. The average Bonchev–Trinajstić information content (AvgIpc) is 3.18. The third-order valence-corrected chi connectivity index (χ3v) is 6.93. The first-order valence-corrected chi connectivity index (χ1v) is 11.9. The first kappa shape index (κ1) is 21.6. The number of H-pyrrole nitrogens is 1. The predicted octanol–water partition coefficient (Wildman–Crippen LogP) is 4.34. The van der Waals surface area contributed by atoms with Crippen molar-refractivity contribution in [3.05, 3.63) is 45.6 Å². The summed E-state index contributed by atoms with van der Waals surface area (Å²) in [7, 11) is 0. The van der Waals surface area contributed by atoms with Crippen molar-refractivity contribution in [2.24, 2.45) is 11.8 Å². The summed E-state index contributed by atoms with van der Waals surface area (Å²) < 4.78 is 0.641. The van der Waals surface area contributed by atoms with Gasteiger partial charge < -0.3 is 10.2 Å². The number of carbonyl (C=O) groups excluding carboxylic acids is 1. The molecule has 0 saturated carbocycles. The van der Waals surface area contributed by atoms with Gasteiger partial charge in [0.1, 0.15) is 4.70 Å². The van der Waals surface area contributed by atoms with Crippen LogP contribution in [0.15, 0.2) is 34.4 Å². The molecule has 1 unspecified atom stereocenters. The van der Waals surface area contributed by atoms with Crippen LogP contribution in [-0.4, -0.2) is 35.5 Å². The summed E-state index contributed by atoms with van der Waals surface area (Å²) >= 11 is 1.43. The molecule has 0 aliphatic carbocycles. The normalized spacial score (nSPS) is 16.8. The van der Waals surface area contributed by atoms with Crippen molar-refractivity contribution in [2.45, 2.75) is 40.0 Å². The molecule has 2 N–H and O–H groups in total. The second-order valence-electron chi connectivity index (χ2n) is 8.79. The minimum atomic E-state index is -0.117. The highest BCUT2D eigenvalue weighted by atomic mass is 32.1. The van der Waals surface area contributed by atoms with E-state index in [0.717, 1.165) is 48.0 Å². The van der Waals surface area contributed by atoms with Gasteiger partial charge in [0, 0.05) is 30.6 Å². The molecule has 1 atom stereocenters. The number of aromatic nitrogens is 2. The number of fused-ring (bicyclic) bond motifs is 1. The first-order valence-electron chi connectivity index (χ1n) is 11.0. The summed E-state index contributed by atoms with van der Waals surface area (Å²) in [6, 6.07) is 8.16. The summed E-state index contributed by atoms with van der Waals surface area (Å²) in [6.07, 6.45) is 2.75. The fourth-order valence-corrected chi connectivity index (χ4v) is 5.04. The third-order valence-electron chi connectivity index (χ3n) is 5.96. The maximum Gasteiger partial charge on any atom is 0.270 e. The molecule has 6 nitrogen and oxygen atoms in total. The molecule has 2 aromatic heterocycles. The van der Waals surface area contributed by atoms with Gasteiger partial charge in [-0.2, -0.15) is 0 Å².